The highest BCUT2D eigenvalue weighted by atomic mass is 16.6. The van der Waals surface area contributed by atoms with Crippen molar-refractivity contribution in [1.29, 1.82) is 0 Å². The minimum Gasteiger partial charge on any atom is -0.479 e. The van der Waals surface area contributed by atoms with Crippen LogP contribution in [0.2, 0.25) is 0 Å². The van der Waals surface area contributed by atoms with Crippen LogP contribution in [0, 0.1) is 23.7 Å². The summed E-state index contributed by atoms with van der Waals surface area (Å²) < 4.78 is 11.1. The van der Waals surface area contributed by atoms with E-state index in [1.807, 2.05) is 13.8 Å². The summed E-state index contributed by atoms with van der Waals surface area (Å²) in [4.78, 5) is 44.4. The van der Waals surface area contributed by atoms with Gasteiger partial charge < -0.3 is 40.1 Å². The van der Waals surface area contributed by atoms with Gasteiger partial charge in [0.15, 0.2) is 24.4 Å². The van der Waals surface area contributed by atoms with Crippen LogP contribution in [-0.2, 0) is 28.7 Å². The van der Waals surface area contributed by atoms with Crippen LogP contribution in [0.4, 0.5) is 0 Å². The zero-order valence-electron chi connectivity index (χ0n) is 24.4. The molecule has 0 heterocycles. The molecule has 0 radical (unpaired) electrons. The molecule has 0 bridgehead atoms. The van der Waals surface area contributed by atoms with Crippen LogP contribution >= 0.6 is 0 Å². The fourth-order valence-corrected chi connectivity index (χ4v) is 5.17. The van der Waals surface area contributed by atoms with E-state index in [0.29, 0.717) is 49.4 Å². The van der Waals surface area contributed by atoms with E-state index in [4.69, 9.17) is 29.9 Å². The van der Waals surface area contributed by atoms with Gasteiger partial charge in [-0.3, -0.25) is 0 Å². The number of esters is 2. The van der Waals surface area contributed by atoms with Crippen LogP contribution in [0.25, 0.3) is 0 Å². The normalized spacial score (nSPS) is 29.8. The van der Waals surface area contributed by atoms with Crippen LogP contribution in [0.15, 0.2) is 0 Å². The second-order valence-electron chi connectivity index (χ2n) is 12.4. The summed E-state index contributed by atoms with van der Waals surface area (Å²) in [6.07, 6.45) is -1.73. The van der Waals surface area contributed by atoms with E-state index in [-0.39, 0.29) is 0 Å². The average molecular weight is 577 g/mol. The Bertz CT molecular complexity index is 783. The Morgan fingerprint density at radius 1 is 0.575 bits per heavy atom. The number of hydrogen-bond donors (Lipinski definition) is 6. The number of rotatable bonds is 10. The minimum atomic E-state index is -2.27. The third-order valence-corrected chi connectivity index (χ3v) is 8.34. The van der Waals surface area contributed by atoms with E-state index >= 15 is 0 Å². The highest BCUT2D eigenvalue weighted by Crippen LogP contribution is 2.39. The van der Waals surface area contributed by atoms with Gasteiger partial charge in [-0.25, -0.2) is 19.2 Å². The molecule has 12 nitrogen and oxygen atoms in total. The largest absolute Gasteiger partial charge is 0.479 e. The van der Waals surface area contributed by atoms with Crippen LogP contribution in [-0.4, -0.2) is 90.1 Å². The van der Waals surface area contributed by atoms with E-state index in [9.17, 15) is 29.4 Å². The van der Waals surface area contributed by atoms with Crippen molar-refractivity contribution in [3.63, 3.8) is 0 Å². The summed E-state index contributed by atoms with van der Waals surface area (Å²) in [6.45, 7) is 12.5. The summed E-state index contributed by atoms with van der Waals surface area (Å²) in [5.41, 5.74) is -1.34. The third-order valence-electron chi connectivity index (χ3n) is 8.34. The second kappa shape index (κ2) is 15.1. The lowest BCUT2D eigenvalue weighted by Gasteiger charge is -2.39. The summed E-state index contributed by atoms with van der Waals surface area (Å²) in [6, 6.07) is 0. The van der Waals surface area contributed by atoms with Crippen molar-refractivity contribution in [2.75, 3.05) is 0 Å². The number of carboxylic acid groups (broad SMARTS) is 2. The maximum atomic E-state index is 12.4. The molecule has 0 aromatic rings. The van der Waals surface area contributed by atoms with Gasteiger partial charge in [0.25, 0.3) is 0 Å². The molecule has 4 atom stereocenters. The number of aliphatic hydroxyl groups excluding tert-OH is 4. The van der Waals surface area contributed by atoms with Crippen molar-refractivity contribution in [2.24, 2.45) is 23.7 Å². The van der Waals surface area contributed by atoms with Gasteiger partial charge in [-0.15, -0.1) is 0 Å². The summed E-state index contributed by atoms with van der Waals surface area (Å²) >= 11 is 0. The van der Waals surface area contributed by atoms with Crippen molar-refractivity contribution in [3.8, 4) is 0 Å². The van der Waals surface area contributed by atoms with E-state index in [1.54, 1.807) is 0 Å². The molecule has 0 unspecified atom stereocenters. The number of carboxylic acids is 2. The highest BCUT2D eigenvalue weighted by molar-refractivity contribution is 5.85. The average Bonchev–Trinajstić information content (AvgIpc) is 2.87. The Morgan fingerprint density at radius 2 is 0.825 bits per heavy atom. The van der Waals surface area contributed by atoms with Gasteiger partial charge in [-0.2, -0.15) is 0 Å². The van der Waals surface area contributed by atoms with E-state index in [1.165, 1.54) is 0 Å². The lowest BCUT2D eigenvalue weighted by atomic mass is 9.75. The number of carbonyl (C=O) groups is 4. The Balaban J connectivity index is 0.000000680. The number of aliphatic hydroxyl groups is 4. The SMILES string of the molecule is CC(C)C1CCC(C)(OC(=O)[C@H](O)[C@@H](O)C(=O)OC2(C)CCC(C(C)C)CC2)CC1.O=C(O)[C@H](O)[C@@H](O)C(=O)O. The zero-order chi connectivity index (χ0) is 31.0. The van der Waals surface area contributed by atoms with Gasteiger partial charge in [0, 0.05) is 0 Å². The van der Waals surface area contributed by atoms with Crippen molar-refractivity contribution in [3.05, 3.63) is 0 Å². The number of ether oxygens (including phenoxy) is 2. The van der Waals surface area contributed by atoms with Crippen LogP contribution in [0.3, 0.4) is 0 Å². The maximum Gasteiger partial charge on any atom is 0.338 e. The van der Waals surface area contributed by atoms with E-state index in [2.05, 4.69) is 27.7 Å². The van der Waals surface area contributed by atoms with Gasteiger partial charge in [0.1, 0.15) is 11.2 Å². The van der Waals surface area contributed by atoms with E-state index in [0.717, 1.165) is 25.7 Å². The molecule has 2 fully saturated rings. The molecule has 2 saturated carbocycles. The molecule has 6 N–H and O–H groups in total. The number of carbonyl (C=O) groups excluding carboxylic acids is 2. The maximum absolute atomic E-state index is 12.4. The highest BCUT2D eigenvalue weighted by Gasteiger charge is 2.42. The quantitative estimate of drug-likeness (QED) is 0.206. The lowest BCUT2D eigenvalue weighted by molar-refractivity contribution is -0.192. The molecule has 12 heteroatoms. The summed E-state index contributed by atoms with van der Waals surface area (Å²) in [5, 5.41) is 53.0. The fraction of sp³-hybridized carbons (Fsp3) is 0.857. The monoisotopic (exact) mass is 576 g/mol. The Labute approximate surface area is 235 Å². The Kier molecular flexibility index (Phi) is 13.5. The molecule has 232 valence electrons. The van der Waals surface area contributed by atoms with E-state index < -0.39 is 59.5 Å². The summed E-state index contributed by atoms with van der Waals surface area (Å²) in [5.74, 6) is -3.07. The fourth-order valence-electron chi connectivity index (χ4n) is 5.17. The molecule has 0 saturated heterocycles. The smallest absolute Gasteiger partial charge is 0.338 e. The first-order valence-corrected chi connectivity index (χ1v) is 14.0. The molecule has 40 heavy (non-hydrogen) atoms. The molecule has 0 aromatic heterocycles. The van der Waals surface area contributed by atoms with Crippen LogP contribution < -0.4 is 0 Å². The Morgan fingerprint density at radius 3 is 1.02 bits per heavy atom. The molecule has 2 rings (SSSR count). The molecular formula is C28H48O12. The van der Waals surface area contributed by atoms with Gasteiger partial charge in [0.2, 0.25) is 0 Å². The van der Waals surface area contributed by atoms with Crippen molar-refractivity contribution >= 4 is 23.9 Å². The molecule has 2 aliphatic rings. The van der Waals surface area contributed by atoms with Crippen LogP contribution in [0.5, 0.6) is 0 Å². The van der Waals surface area contributed by atoms with Crippen LogP contribution in [0.1, 0.15) is 92.9 Å². The number of hydrogen-bond acceptors (Lipinski definition) is 10. The van der Waals surface area contributed by atoms with Crippen molar-refractivity contribution in [2.45, 2.75) is 129 Å². The number of aliphatic carboxylic acids is 2. The lowest BCUT2D eigenvalue weighted by Crippen LogP contribution is -2.48. The van der Waals surface area contributed by atoms with Gasteiger partial charge in [-0.05, 0) is 88.9 Å². The molecule has 0 aliphatic heterocycles. The van der Waals surface area contributed by atoms with Gasteiger partial charge in [-0.1, -0.05) is 27.7 Å². The first kappa shape index (κ1) is 35.7. The van der Waals surface area contributed by atoms with Gasteiger partial charge >= 0.3 is 23.9 Å². The third kappa shape index (κ3) is 10.6. The second-order valence-corrected chi connectivity index (χ2v) is 12.4. The minimum absolute atomic E-state index is 0.587. The first-order valence-electron chi connectivity index (χ1n) is 14.0. The summed E-state index contributed by atoms with van der Waals surface area (Å²) in [7, 11) is 0. The predicted molar refractivity (Wildman–Crippen MR) is 142 cm³/mol. The van der Waals surface area contributed by atoms with Crippen molar-refractivity contribution < 1.29 is 59.3 Å². The van der Waals surface area contributed by atoms with Crippen molar-refractivity contribution in [1.82, 2.24) is 0 Å². The molecule has 2 aliphatic carbocycles. The standard InChI is InChI=1S/C24H42O6.C4H6O6/c1-15(2)17-7-11-23(5,12-8-17)29-21(27)19(25)20(26)22(28)30-24(6)13-9-18(10-14-24)16(3)4;5-1(3(7)8)2(6)4(9)10/h15-20,25-26H,7-14H2,1-6H3;1-2,5-6H,(H,7,8)(H,9,10)/t17?,18?,19-,20-,23?,24?;1-,2-/m11/s1. The molecule has 0 spiro atoms. The predicted octanol–water partition coefficient (Wildman–Crippen LogP) is 1.88. The molecular weight excluding hydrogens is 528 g/mol. The zero-order valence-corrected chi connectivity index (χ0v) is 24.4. The van der Waals surface area contributed by atoms with Gasteiger partial charge in [0.05, 0.1) is 0 Å². The first-order chi connectivity index (χ1) is 18.3. The molecule has 0 aromatic carbocycles. The Hall–Kier alpha value is -2.28. The topological polar surface area (TPSA) is 208 Å². The molecule has 0 amide bonds.